The van der Waals surface area contributed by atoms with Gasteiger partial charge in [-0.15, -0.1) is 0 Å². The Bertz CT molecular complexity index is 368. The molecule has 3 heterocycles. The van der Waals surface area contributed by atoms with Crippen LogP contribution in [-0.2, 0) is 14.3 Å². The van der Waals surface area contributed by atoms with Gasteiger partial charge in [0.15, 0.2) is 0 Å². The highest BCUT2D eigenvalue weighted by atomic mass is 16.6. The molecule has 5 heteroatoms. The van der Waals surface area contributed by atoms with Gasteiger partial charge < -0.3 is 15.0 Å². The normalized spacial score (nSPS) is 29.1. The van der Waals surface area contributed by atoms with E-state index in [0.717, 1.165) is 19.6 Å². The summed E-state index contributed by atoms with van der Waals surface area (Å²) >= 11 is 0. The summed E-state index contributed by atoms with van der Waals surface area (Å²) in [7, 11) is 0. The molecular weight excluding hydrogens is 256 g/mol. The van der Waals surface area contributed by atoms with Crippen LogP contribution in [0.15, 0.2) is 0 Å². The molecule has 0 aliphatic carbocycles. The quantitative estimate of drug-likeness (QED) is 0.790. The van der Waals surface area contributed by atoms with Crippen LogP contribution in [-0.4, -0.2) is 48.1 Å². The molecule has 1 atom stereocenters. The molecule has 3 saturated heterocycles. The molecule has 0 aromatic heterocycles. The third-order valence-corrected chi connectivity index (χ3v) is 3.98. The maximum absolute atomic E-state index is 11.9. The van der Waals surface area contributed by atoms with E-state index in [1.165, 1.54) is 12.8 Å². The largest absolute Gasteiger partial charge is 0.460 e. The lowest BCUT2D eigenvalue weighted by atomic mass is 9.84. The highest BCUT2D eigenvalue weighted by Crippen LogP contribution is 2.27. The molecule has 3 aliphatic rings. The van der Waals surface area contributed by atoms with Gasteiger partial charge in [0.25, 0.3) is 0 Å². The van der Waals surface area contributed by atoms with Crippen LogP contribution in [0.2, 0.25) is 0 Å². The number of rotatable bonds is 4. The number of fused-ring (bicyclic) bond motifs is 3. The third kappa shape index (κ3) is 4.47. The molecule has 3 rings (SSSR count). The van der Waals surface area contributed by atoms with Crippen LogP contribution in [0.3, 0.4) is 0 Å². The first-order valence-corrected chi connectivity index (χ1v) is 7.57. The maximum atomic E-state index is 11.9. The summed E-state index contributed by atoms with van der Waals surface area (Å²) in [5.74, 6) is 0.279. The zero-order chi connectivity index (χ0) is 14.8. The monoisotopic (exact) mass is 282 g/mol. The molecule has 0 spiro atoms. The van der Waals surface area contributed by atoms with Gasteiger partial charge >= 0.3 is 5.97 Å². The number of ether oxygens (including phenoxy) is 1. The van der Waals surface area contributed by atoms with Crippen molar-refractivity contribution in [2.45, 2.75) is 58.1 Å². The molecule has 0 aromatic carbocycles. The predicted molar refractivity (Wildman–Crippen MR) is 76.2 cm³/mol. The van der Waals surface area contributed by atoms with E-state index in [2.05, 4.69) is 10.2 Å². The number of nitrogens with zero attached hydrogens (tertiary/aromatic N) is 1. The van der Waals surface area contributed by atoms with Gasteiger partial charge in [-0.2, -0.15) is 0 Å². The average molecular weight is 282 g/mol. The first-order valence-electron chi connectivity index (χ1n) is 7.57. The lowest BCUT2D eigenvalue weighted by Crippen LogP contribution is -2.57. The van der Waals surface area contributed by atoms with Crippen molar-refractivity contribution in [1.82, 2.24) is 10.2 Å². The topological polar surface area (TPSA) is 58.6 Å². The second-order valence-corrected chi connectivity index (χ2v) is 6.90. The van der Waals surface area contributed by atoms with Crippen LogP contribution in [0.4, 0.5) is 0 Å². The molecule has 1 amide bonds. The second-order valence-electron chi connectivity index (χ2n) is 6.90. The number of amides is 1. The Morgan fingerprint density at radius 1 is 1.20 bits per heavy atom. The fourth-order valence-corrected chi connectivity index (χ4v) is 3.02. The van der Waals surface area contributed by atoms with Crippen molar-refractivity contribution in [1.29, 1.82) is 0 Å². The van der Waals surface area contributed by atoms with Gasteiger partial charge in [0.05, 0.1) is 6.42 Å². The lowest BCUT2D eigenvalue weighted by molar-refractivity contribution is -0.155. The first kappa shape index (κ1) is 15.3. The Morgan fingerprint density at radius 2 is 1.85 bits per heavy atom. The number of carbonyl (C=O) groups is 2. The molecule has 114 valence electrons. The minimum absolute atomic E-state index is 0.0328. The summed E-state index contributed by atoms with van der Waals surface area (Å²) in [5.41, 5.74) is -0.483. The van der Waals surface area contributed by atoms with Crippen LogP contribution in [0.25, 0.3) is 0 Å². The van der Waals surface area contributed by atoms with Gasteiger partial charge in [-0.25, -0.2) is 0 Å². The zero-order valence-electron chi connectivity index (χ0n) is 12.8. The molecule has 2 bridgehead atoms. The van der Waals surface area contributed by atoms with Gasteiger partial charge in [0.2, 0.25) is 5.91 Å². The number of nitrogens with one attached hydrogen (secondary N) is 1. The molecular formula is C15H26N2O3. The fourth-order valence-electron chi connectivity index (χ4n) is 3.02. The molecule has 1 N–H and O–H groups in total. The van der Waals surface area contributed by atoms with Crippen LogP contribution in [0, 0.1) is 5.92 Å². The maximum Gasteiger partial charge on any atom is 0.306 e. The van der Waals surface area contributed by atoms with E-state index in [0.29, 0.717) is 5.92 Å². The molecule has 1 unspecified atom stereocenters. The summed E-state index contributed by atoms with van der Waals surface area (Å²) in [5, 5.41) is 3.08. The Morgan fingerprint density at radius 3 is 2.35 bits per heavy atom. The van der Waals surface area contributed by atoms with Gasteiger partial charge in [0, 0.05) is 19.0 Å². The molecule has 0 radical (unpaired) electrons. The standard InChI is InChI=1S/C15H26N2O3/c1-15(2,3)20-14(19)5-4-13(18)16-12-10-17-8-6-11(12)7-9-17/h11-12H,4-10H2,1-3H3,(H,16,18). The van der Waals surface area contributed by atoms with Crippen molar-refractivity contribution in [3.8, 4) is 0 Å². The number of esters is 1. The molecule has 3 aliphatic heterocycles. The van der Waals surface area contributed by atoms with Crippen LogP contribution >= 0.6 is 0 Å². The van der Waals surface area contributed by atoms with E-state index in [1.54, 1.807) is 0 Å². The Labute approximate surface area is 121 Å². The first-order chi connectivity index (χ1) is 9.33. The second kappa shape index (κ2) is 6.12. The van der Waals surface area contributed by atoms with Crippen LogP contribution < -0.4 is 5.32 Å². The lowest BCUT2D eigenvalue weighted by Gasteiger charge is -2.44. The van der Waals surface area contributed by atoms with Crippen molar-refractivity contribution in [2.75, 3.05) is 19.6 Å². The van der Waals surface area contributed by atoms with Crippen LogP contribution in [0.1, 0.15) is 46.5 Å². The molecule has 3 fully saturated rings. The third-order valence-electron chi connectivity index (χ3n) is 3.98. The number of carbonyl (C=O) groups excluding carboxylic acids is 2. The summed E-state index contributed by atoms with van der Waals surface area (Å²) < 4.78 is 5.20. The summed E-state index contributed by atoms with van der Waals surface area (Å²) in [6.45, 7) is 8.78. The fraction of sp³-hybridized carbons (Fsp3) is 0.867. The Hall–Kier alpha value is -1.10. The number of hydrogen-bond acceptors (Lipinski definition) is 4. The van der Waals surface area contributed by atoms with E-state index in [-0.39, 0.29) is 30.8 Å². The van der Waals surface area contributed by atoms with Crippen molar-refractivity contribution < 1.29 is 14.3 Å². The molecule has 0 aromatic rings. The highest BCUT2D eigenvalue weighted by Gasteiger charge is 2.34. The van der Waals surface area contributed by atoms with Crippen molar-refractivity contribution in [3.05, 3.63) is 0 Å². The minimum Gasteiger partial charge on any atom is -0.460 e. The summed E-state index contributed by atoms with van der Waals surface area (Å²) in [6, 6.07) is 0.267. The number of hydrogen-bond donors (Lipinski definition) is 1. The Balaban J connectivity index is 1.69. The zero-order valence-corrected chi connectivity index (χ0v) is 12.8. The van der Waals surface area contributed by atoms with E-state index in [1.807, 2.05) is 20.8 Å². The molecule has 5 nitrogen and oxygen atoms in total. The SMILES string of the molecule is CC(C)(C)OC(=O)CCC(=O)NC1CN2CCC1CC2. The van der Waals surface area contributed by atoms with Gasteiger partial charge in [-0.1, -0.05) is 0 Å². The summed E-state index contributed by atoms with van der Waals surface area (Å²) in [4.78, 5) is 25.9. The smallest absolute Gasteiger partial charge is 0.306 e. The minimum atomic E-state index is -0.483. The van der Waals surface area contributed by atoms with E-state index in [4.69, 9.17) is 4.74 Å². The van der Waals surface area contributed by atoms with E-state index >= 15 is 0 Å². The number of piperidine rings is 3. The summed E-state index contributed by atoms with van der Waals surface area (Å²) in [6.07, 6.45) is 2.73. The van der Waals surface area contributed by atoms with E-state index in [9.17, 15) is 9.59 Å². The van der Waals surface area contributed by atoms with Gasteiger partial charge in [0.1, 0.15) is 5.60 Å². The van der Waals surface area contributed by atoms with Crippen molar-refractivity contribution in [2.24, 2.45) is 5.92 Å². The van der Waals surface area contributed by atoms with Gasteiger partial charge in [-0.05, 0) is 52.6 Å². The Kier molecular flexibility index (Phi) is 4.68. The van der Waals surface area contributed by atoms with Gasteiger partial charge in [-0.3, -0.25) is 9.59 Å². The van der Waals surface area contributed by atoms with Crippen molar-refractivity contribution in [3.63, 3.8) is 0 Å². The molecule has 0 saturated carbocycles. The molecule has 20 heavy (non-hydrogen) atoms. The van der Waals surface area contributed by atoms with E-state index < -0.39 is 5.60 Å². The predicted octanol–water partition coefficient (Wildman–Crippen LogP) is 1.32. The average Bonchev–Trinajstić information content (AvgIpc) is 2.36. The van der Waals surface area contributed by atoms with Crippen LogP contribution in [0.5, 0.6) is 0 Å². The highest BCUT2D eigenvalue weighted by molar-refractivity contribution is 5.81. The van der Waals surface area contributed by atoms with Crippen molar-refractivity contribution >= 4 is 11.9 Å².